The summed E-state index contributed by atoms with van der Waals surface area (Å²) in [4.78, 5) is 0. The van der Waals surface area contributed by atoms with Crippen LogP contribution in [0.4, 0.5) is 4.39 Å². The van der Waals surface area contributed by atoms with E-state index in [1.807, 2.05) is 0 Å². The molecule has 0 amide bonds. The molecule has 3 nitrogen and oxygen atoms in total. The lowest BCUT2D eigenvalue weighted by molar-refractivity contribution is 0.340. The minimum absolute atomic E-state index is 0.108. The van der Waals surface area contributed by atoms with Crippen molar-refractivity contribution in [3.63, 3.8) is 0 Å². The molecule has 0 N–H and O–H groups in total. The van der Waals surface area contributed by atoms with Crippen molar-refractivity contribution in [3.05, 3.63) is 17.9 Å². The molecule has 0 saturated carbocycles. The molecule has 0 bridgehead atoms. The van der Waals surface area contributed by atoms with Crippen molar-refractivity contribution in [1.29, 1.82) is 0 Å². The van der Waals surface area contributed by atoms with Crippen molar-refractivity contribution in [2.75, 3.05) is 21.3 Å². The maximum Gasteiger partial charge on any atom is 0.207 e. The molecule has 1 rings (SSSR count). The van der Waals surface area contributed by atoms with E-state index in [2.05, 4.69) is 0 Å². The van der Waals surface area contributed by atoms with Gasteiger partial charge in [0.15, 0.2) is 11.5 Å². The largest absolute Gasteiger partial charge is 0.496 e. The van der Waals surface area contributed by atoms with E-state index in [1.165, 1.54) is 33.5 Å². The van der Waals surface area contributed by atoms with Gasteiger partial charge in [-0.15, -0.1) is 0 Å². The Balaban J connectivity index is 3.20. The highest BCUT2D eigenvalue weighted by Crippen LogP contribution is 2.31. The number of methoxy groups -OCH3 is 3. The van der Waals surface area contributed by atoms with Crippen LogP contribution in [0.3, 0.4) is 0 Å². The monoisotopic (exact) mass is 186 g/mol. The topological polar surface area (TPSA) is 27.7 Å². The molecule has 72 valence electrons. The summed E-state index contributed by atoms with van der Waals surface area (Å²) in [6.45, 7) is 0. The Morgan fingerprint density at radius 3 is 1.69 bits per heavy atom. The van der Waals surface area contributed by atoms with Crippen LogP contribution in [-0.2, 0) is 0 Å². The standard InChI is InChI=1S/C9H11FO3/c1-11-6-4-7(12-2)9(10)8(5-6)13-3/h4-5H,1-3H3. The van der Waals surface area contributed by atoms with Gasteiger partial charge in [-0.25, -0.2) is 0 Å². The van der Waals surface area contributed by atoms with Crippen molar-refractivity contribution in [3.8, 4) is 17.2 Å². The van der Waals surface area contributed by atoms with Gasteiger partial charge in [-0.1, -0.05) is 0 Å². The summed E-state index contributed by atoms with van der Waals surface area (Å²) in [5.74, 6) is 0.188. The number of halogens is 1. The van der Waals surface area contributed by atoms with Gasteiger partial charge in [0.05, 0.1) is 21.3 Å². The summed E-state index contributed by atoms with van der Waals surface area (Å²) in [6.07, 6.45) is 0. The molecule has 1 aromatic rings. The Morgan fingerprint density at radius 1 is 0.923 bits per heavy atom. The first-order valence-electron chi connectivity index (χ1n) is 3.68. The highest BCUT2D eigenvalue weighted by Gasteiger charge is 2.11. The quantitative estimate of drug-likeness (QED) is 0.721. The fourth-order valence-corrected chi connectivity index (χ4v) is 0.963. The molecule has 0 atom stereocenters. The Hall–Kier alpha value is -1.45. The van der Waals surface area contributed by atoms with Crippen LogP contribution in [0.5, 0.6) is 17.2 Å². The molecule has 0 aromatic heterocycles. The molecule has 1 aromatic carbocycles. The van der Waals surface area contributed by atoms with Gasteiger partial charge in [0.25, 0.3) is 0 Å². The van der Waals surface area contributed by atoms with E-state index < -0.39 is 5.82 Å². The number of ether oxygens (including phenoxy) is 3. The van der Waals surface area contributed by atoms with Crippen molar-refractivity contribution >= 4 is 0 Å². The van der Waals surface area contributed by atoms with Crippen LogP contribution in [0.1, 0.15) is 0 Å². The van der Waals surface area contributed by atoms with Gasteiger partial charge in [-0.2, -0.15) is 4.39 Å². The highest BCUT2D eigenvalue weighted by atomic mass is 19.1. The predicted octanol–water partition coefficient (Wildman–Crippen LogP) is 1.85. The van der Waals surface area contributed by atoms with Crippen LogP contribution >= 0.6 is 0 Å². The summed E-state index contributed by atoms with van der Waals surface area (Å²) >= 11 is 0. The molecule has 0 aliphatic carbocycles. The van der Waals surface area contributed by atoms with E-state index in [1.54, 1.807) is 0 Å². The zero-order chi connectivity index (χ0) is 9.84. The molecule has 0 aliphatic heterocycles. The Bertz CT molecular complexity index is 274. The third-order valence-corrected chi connectivity index (χ3v) is 1.65. The van der Waals surface area contributed by atoms with Crippen LogP contribution in [0, 0.1) is 5.82 Å². The van der Waals surface area contributed by atoms with E-state index in [-0.39, 0.29) is 11.5 Å². The van der Waals surface area contributed by atoms with E-state index >= 15 is 0 Å². The van der Waals surface area contributed by atoms with Crippen molar-refractivity contribution in [2.45, 2.75) is 0 Å². The Morgan fingerprint density at radius 2 is 1.38 bits per heavy atom. The summed E-state index contributed by atoms with van der Waals surface area (Å²) < 4.78 is 27.8. The second kappa shape index (κ2) is 3.98. The van der Waals surface area contributed by atoms with E-state index in [4.69, 9.17) is 14.2 Å². The lowest BCUT2D eigenvalue weighted by Crippen LogP contribution is -1.95. The SMILES string of the molecule is COc1cc(OC)c(F)c(OC)c1. The molecule has 0 aliphatic rings. The van der Waals surface area contributed by atoms with Gasteiger partial charge in [-0.3, -0.25) is 0 Å². The summed E-state index contributed by atoms with van der Waals surface area (Å²) in [5, 5.41) is 0. The Labute approximate surface area is 76.0 Å². The molecular formula is C9H11FO3. The van der Waals surface area contributed by atoms with Crippen LogP contribution in [0.15, 0.2) is 12.1 Å². The first kappa shape index (κ1) is 9.64. The smallest absolute Gasteiger partial charge is 0.207 e. The maximum absolute atomic E-state index is 13.3. The fourth-order valence-electron chi connectivity index (χ4n) is 0.963. The van der Waals surface area contributed by atoms with Gasteiger partial charge in [0.2, 0.25) is 5.82 Å². The predicted molar refractivity (Wildman–Crippen MR) is 46.1 cm³/mol. The number of hydrogen-bond donors (Lipinski definition) is 0. The normalized spacial score (nSPS) is 9.54. The summed E-state index contributed by atoms with van der Waals surface area (Å²) in [7, 11) is 4.26. The molecular weight excluding hydrogens is 175 g/mol. The van der Waals surface area contributed by atoms with Crippen molar-refractivity contribution < 1.29 is 18.6 Å². The fraction of sp³-hybridized carbons (Fsp3) is 0.333. The molecule has 0 heterocycles. The Kier molecular flexibility index (Phi) is 2.95. The molecule has 4 heteroatoms. The van der Waals surface area contributed by atoms with E-state index in [9.17, 15) is 4.39 Å². The third kappa shape index (κ3) is 1.83. The van der Waals surface area contributed by atoms with Gasteiger partial charge in [0, 0.05) is 12.1 Å². The van der Waals surface area contributed by atoms with Crippen LogP contribution in [-0.4, -0.2) is 21.3 Å². The summed E-state index contributed by atoms with van der Waals surface area (Å²) in [5.41, 5.74) is 0. The minimum atomic E-state index is -0.522. The van der Waals surface area contributed by atoms with Gasteiger partial charge < -0.3 is 14.2 Å². The van der Waals surface area contributed by atoms with E-state index in [0.717, 1.165) is 0 Å². The van der Waals surface area contributed by atoms with Crippen LogP contribution in [0.25, 0.3) is 0 Å². The zero-order valence-electron chi connectivity index (χ0n) is 7.76. The number of rotatable bonds is 3. The van der Waals surface area contributed by atoms with Gasteiger partial charge in [-0.05, 0) is 0 Å². The van der Waals surface area contributed by atoms with Gasteiger partial charge >= 0.3 is 0 Å². The zero-order valence-corrected chi connectivity index (χ0v) is 7.76. The molecule has 0 radical (unpaired) electrons. The summed E-state index contributed by atoms with van der Waals surface area (Å²) in [6, 6.07) is 2.91. The van der Waals surface area contributed by atoms with Crippen LogP contribution in [0.2, 0.25) is 0 Å². The van der Waals surface area contributed by atoms with E-state index in [0.29, 0.717) is 5.75 Å². The number of benzene rings is 1. The number of hydrogen-bond acceptors (Lipinski definition) is 3. The van der Waals surface area contributed by atoms with Crippen molar-refractivity contribution in [1.82, 2.24) is 0 Å². The molecule has 13 heavy (non-hydrogen) atoms. The molecule has 0 spiro atoms. The first-order valence-corrected chi connectivity index (χ1v) is 3.68. The lowest BCUT2D eigenvalue weighted by Gasteiger charge is -2.08. The second-order valence-corrected chi connectivity index (χ2v) is 2.35. The molecule has 0 unspecified atom stereocenters. The second-order valence-electron chi connectivity index (χ2n) is 2.35. The lowest BCUT2D eigenvalue weighted by atomic mass is 10.3. The third-order valence-electron chi connectivity index (χ3n) is 1.65. The highest BCUT2D eigenvalue weighted by molar-refractivity contribution is 5.43. The first-order chi connectivity index (χ1) is 6.22. The molecule has 0 saturated heterocycles. The minimum Gasteiger partial charge on any atom is -0.496 e. The van der Waals surface area contributed by atoms with Crippen molar-refractivity contribution in [2.24, 2.45) is 0 Å². The van der Waals surface area contributed by atoms with Gasteiger partial charge in [0.1, 0.15) is 5.75 Å². The average molecular weight is 186 g/mol. The maximum atomic E-state index is 13.3. The van der Waals surface area contributed by atoms with Crippen LogP contribution < -0.4 is 14.2 Å². The molecule has 0 fully saturated rings. The average Bonchev–Trinajstić information content (AvgIpc) is 2.18.